The Labute approximate surface area is 152 Å². The number of fused-ring (bicyclic) bond motifs is 2. The van der Waals surface area contributed by atoms with Crippen LogP contribution in [0.2, 0.25) is 5.02 Å². The molecule has 1 aliphatic rings. The molecule has 2 aromatic heterocycles. The van der Waals surface area contributed by atoms with E-state index in [1.165, 1.54) is 4.90 Å². The van der Waals surface area contributed by atoms with Crippen LogP contribution in [0.4, 0.5) is 4.79 Å². The number of primary amides is 1. The molecule has 0 fully saturated rings. The van der Waals surface area contributed by atoms with Gasteiger partial charge in [-0.25, -0.2) is 4.79 Å². The molecule has 0 aliphatic carbocycles. The molecule has 0 saturated carbocycles. The zero-order valence-corrected chi connectivity index (χ0v) is 14.6. The van der Waals surface area contributed by atoms with Gasteiger partial charge in [0.05, 0.1) is 41.1 Å². The van der Waals surface area contributed by atoms with E-state index in [0.717, 1.165) is 10.9 Å². The highest BCUT2D eigenvalue weighted by Crippen LogP contribution is 2.33. The van der Waals surface area contributed by atoms with Crippen molar-refractivity contribution in [2.24, 2.45) is 12.8 Å². The fourth-order valence-corrected chi connectivity index (χ4v) is 3.69. The van der Waals surface area contributed by atoms with E-state index in [0.29, 0.717) is 35.1 Å². The second-order valence-electron chi connectivity index (χ2n) is 6.13. The van der Waals surface area contributed by atoms with Crippen LogP contribution in [-0.4, -0.2) is 48.1 Å². The van der Waals surface area contributed by atoms with Crippen molar-refractivity contribution in [3.8, 4) is 11.3 Å². The maximum atomic E-state index is 12.1. The summed E-state index contributed by atoms with van der Waals surface area (Å²) in [7, 11) is 1.79. The standard InChI is InChI=1S/C16H15ClN6O3/c1-21-14-9(6-19-21)4-8(5-10(14)17)13-12(15(18)24)11-7-22(16(25)26)2-3-23(11)20-13/h4-6H,2-3,7H2,1H3,(H2,18,24)(H,25,26). The van der Waals surface area contributed by atoms with E-state index in [1.54, 1.807) is 28.7 Å². The molecule has 0 bridgehead atoms. The molecule has 10 heteroatoms. The fourth-order valence-electron chi connectivity index (χ4n) is 3.35. The molecule has 3 heterocycles. The molecule has 1 aromatic carbocycles. The van der Waals surface area contributed by atoms with E-state index >= 15 is 0 Å². The van der Waals surface area contributed by atoms with Gasteiger partial charge in [-0.1, -0.05) is 11.6 Å². The number of carbonyl (C=O) groups excluding carboxylic acids is 1. The number of hydrogen-bond donors (Lipinski definition) is 2. The van der Waals surface area contributed by atoms with Crippen LogP contribution in [0.3, 0.4) is 0 Å². The van der Waals surface area contributed by atoms with Gasteiger partial charge in [0.15, 0.2) is 0 Å². The first-order chi connectivity index (χ1) is 12.4. The molecule has 2 amide bonds. The lowest BCUT2D eigenvalue weighted by molar-refractivity contribution is 0.0993. The Bertz CT molecular complexity index is 1070. The van der Waals surface area contributed by atoms with E-state index < -0.39 is 12.0 Å². The lowest BCUT2D eigenvalue weighted by Crippen LogP contribution is -2.38. The molecule has 1 aliphatic heterocycles. The van der Waals surface area contributed by atoms with Crippen LogP contribution in [0.25, 0.3) is 22.2 Å². The van der Waals surface area contributed by atoms with Crippen LogP contribution < -0.4 is 5.73 Å². The van der Waals surface area contributed by atoms with E-state index in [1.807, 2.05) is 6.07 Å². The largest absolute Gasteiger partial charge is 0.465 e. The number of rotatable bonds is 2. The predicted octanol–water partition coefficient (Wildman–Crippen LogP) is 1.68. The van der Waals surface area contributed by atoms with Crippen molar-refractivity contribution in [3.05, 3.63) is 34.6 Å². The van der Waals surface area contributed by atoms with Gasteiger partial charge in [0.1, 0.15) is 5.69 Å². The third-order valence-electron chi connectivity index (χ3n) is 4.56. The highest BCUT2D eigenvalue weighted by Gasteiger charge is 2.29. The van der Waals surface area contributed by atoms with Crippen molar-refractivity contribution in [2.45, 2.75) is 13.1 Å². The third-order valence-corrected chi connectivity index (χ3v) is 4.85. The second kappa shape index (κ2) is 5.73. The molecule has 134 valence electrons. The van der Waals surface area contributed by atoms with E-state index in [4.69, 9.17) is 17.3 Å². The van der Waals surface area contributed by atoms with Crippen LogP contribution in [-0.2, 0) is 20.1 Å². The molecule has 3 N–H and O–H groups in total. The number of aromatic nitrogens is 4. The van der Waals surface area contributed by atoms with E-state index in [2.05, 4.69) is 10.2 Å². The molecule has 0 atom stereocenters. The van der Waals surface area contributed by atoms with Crippen molar-refractivity contribution < 1.29 is 14.7 Å². The minimum absolute atomic E-state index is 0.0590. The number of carbonyl (C=O) groups is 2. The normalized spacial score (nSPS) is 13.8. The summed E-state index contributed by atoms with van der Waals surface area (Å²) in [6.07, 6.45) is 0.630. The van der Waals surface area contributed by atoms with Crippen LogP contribution in [0, 0.1) is 0 Å². The Morgan fingerprint density at radius 2 is 2.08 bits per heavy atom. The zero-order valence-electron chi connectivity index (χ0n) is 13.8. The highest BCUT2D eigenvalue weighted by atomic mass is 35.5. The maximum absolute atomic E-state index is 12.1. The first kappa shape index (κ1) is 16.4. The minimum Gasteiger partial charge on any atom is -0.465 e. The Morgan fingerprint density at radius 3 is 2.77 bits per heavy atom. The van der Waals surface area contributed by atoms with Gasteiger partial charge in [-0.15, -0.1) is 0 Å². The molecule has 3 aromatic rings. The van der Waals surface area contributed by atoms with Crippen molar-refractivity contribution in [1.29, 1.82) is 0 Å². The average Bonchev–Trinajstić information content (AvgIpc) is 3.15. The number of amides is 2. The van der Waals surface area contributed by atoms with Gasteiger partial charge in [0.25, 0.3) is 5.91 Å². The summed E-state index contributed by atoms with van der Waals surface area (Å²) in [6, 6.07) is 3.55. The van der Waals surface area contributed by atoms with Gasteiger partial charge in [0, 0.05) is 24.5 Å². The van der Waals surface area contributed by atoms with E-state index in [-0.39, 0.29) is 12.1 Å². The molecule has 26 heavy (non-hydrogen) atoms. The third kappa shape index (κ3) is 2.39. The number of carboxylic acid groups (broad SMARTS) is 1. The molecule has 4 rings (SSSR count). The first-order valence-electron chi connectivity index (χ1n) is 7.85. The Hall–Kier alpha value is -3.07. The molecular weight excluding hydrogens is 360 g/mol. The van der Waals surface area contributed by atoms with E-state index in [9.17, 15) is 14.7 Å². The summed E-state index contributed by atoms with van der Waals surface area (Å²) in [6.45, 7) is 0.707. The molecule has 0 spiro atoms. The lowest BCUT2D eigenvalue weighted by Gasteiger charge is -2.25. The topological polar surface area (TPSA) is 119 Å². The number of nitrogens with zero attached hydrogens (tertiary/aromatic N) is 5. The molecule has 0 unspecified atom stereocenters. The monoisotopic (exact) mass is 374 g/mol. The lowest BCUT2D eigenvalue weighted by atomic mass is 10.0. The number of benzene rings is 1. The highest BCUT2D eigenvalue weighted by molar-refractivity contribution is 6.35. The molecular formula is C16H15ClN6O3. The summed E-state index contributed by atoms with van der Waals surface area (Å²) in [4.78, 5) is 24.6. The zero-order chi connectivity index (χ0) is 18.6. The van der Waals surface area contributed by atoms with Crippen LogP contribution >= 0.6 is 11.6 Å². The SMILES string of the molecule is Cn1ncc2cc(-c3nn4c(c3C(N)=O)CN(C(=O)O)CC4)cc(Cl)c21. The van der Waals surface area contributed by atoms with Gasteiger partial charge in [-0.3, -0.25) is 14.2 Å². The molecule has 0 radical (unpaired) electrons. The predicted molar refractivity (Wildman–Crippen MR) is 93.9 cm³/mol. The van der Waals surface area contributed by atoms with Gasteiger partial charge >= 0.3 is 6.09 Å². The van der Waals surface area contributed by atoms with Gasteiger partial charge in [0.2, 0.25) is 0 Å². The Kier molecular flexibility index (Phi) is 3.62. The summed E-state index contributed by atoms with van der Waals surface area (Å²) in [5.74, 6) is -0.657. The Morgan fingerprint density at radius 1 is 1.31 bits per heavy atom. The van der Waals surface area contributed by atoms with Crippen LogP contribution in [0.15, 0.2) is 18.3 Å². The van der Waals surface area contributed by atoms with Gasteiger partial charge in [-0.2, -0.15) is 10.2 Å². The average molecular weight is 375 g/mol. The summed E-state index contributed by atoms with van der Waals surface area (Å²) < 4.78 is 3.30. The second-order valence-corrected chi connectivity index (χ2v) is 6.53. The minimum atomic E-state index is -1.05. The summed E-state index contributed by atoms with van der Waals surface area (Å²) in [5.41, 5.74) is 8.10. The van der Waals surface area contributed by atoms with Gasteiger partial charge in [-0.05, 0) is 12.1 Å². The number of halogens is 1. The summed E-state index contributed by atoms with van der Waals surface area (Å²) >= 11 is 6.38. The number of nitrogens with two attached hydrogens (primary N) is 1. The molecule has 9 nitrogen and oxygen atoms in total. The summed E-state index contributed by atoms with van der Waals surface area (Å²) in [5, 5.41) is 19.2. The van der Waals surface area contributed by atoms with Crippen LogP contribution in [0.5, 0.6) is 0 Å². The Balaban J connectivity index is 1.90. The fraction of sp³-hybridized carbons (Fsp3) is 0.250. The number of aryl methyl sites for hydroxylation is 1. The number of hydrogen-bond acceptors (Lipinski definition) is 4. The first-order valence-corrected chi connectivity index (χ1v) is 8.23. The smallest absolute Gasteiger partial charge is 0.407 e. The quantitative estimate of drug-likeness (QED) is 0.707. The van der Waals surface area contributed by atoms with Crippen LogP contribution in [0.1, 0.15) is 16.1 Å². The molecule has 0 saturated heterocycles. The maximum Gasteiger partial charge on any atom is 0.407 e. The van der Waals surface area contributed by atoms with Crippen molar-refractivity contribution >= 4 is 34.5 Å². The van der Waals surface area contributed by atoms with Crippen molar-refractivity contribution in [2.75, 3.05) is 6.54 Å². The van der Waals surface area contributed by atoms with Gasteiger partial charge < -0.3 is 15.7 Å². The van der Waals surface area contributed by atoms with Crippen molar-refractivity contribution in [3.63, 3.8) is 0 Å². The van der Waals surface area contributed by atoms with Crippen molar-refractivity contribution in [1.82, 2.24) is 24.5 Å².